The van der Waals surface area contributed by atoms with Crippen LogP contribution in [-0.2, 0) is 14.3 Å². The van der Waals surface area contributed by atoms with Gasteiger partial charge in [0.25, 0.3) is 0 Å². The number of aliphatic hydroxyl groups excluding tert-OH is 1. The summed E-state index contributed by atoms with van der Waals surface area (Å²) in [6.07, 6.45) is 0.218. The molecule has 2 N–H and O–H groups in total. The standard InChI is InChI=1S/C9H16N2O4/c1-11-8(13)6-7(9(11)14)10-2-4-15-5-3-12/h7,10,12H,2-6H2,1H3. The van der Waals surface area contributed by atoms with Crippen LogP contribution in [0.25, 0.3) is 0 Å². The molecule has 1 fully saturated rings. The van der Waals surface area contributed by atoms with Gasteiger partial charge in [-0.1, -0.05) is 0 Å². The molecule has 1 aliphatic rings. The largest absolute Gasteiger partial charge is 0.394 e. The zero-order valence-corrected chi connectivity index (χ0v) is 8.73. The minimum atomic E-state index is -0.416. The predicted molar refractivity (Wildman–Crippen MR) is 52.1 cm³/mol. The fraction of sp³-hybridized carbons (Fsp3) is 0.778. The summed E-state index contributed by atoms with van der Waals surface area (Å²) in [7, 11) is 1.48. The first-order valence-corrected chi connectivity index (χ1v) is 4.89. The number of hydrogen-bond donors (Lipinski definition) is 2. The Balaban J connectivity index is 2.17. The number of nitrogens with one attached hydrogen (secondary N) is 1. The van der Waals surface area contributed by atoms with Crippen LogP contribution in [0.3, 0.4) is 0 Å². The molecular formula is C9H16N2O4. The van der Waals surface area contributed by atoms with Gasteiger partial charge >= 0.3 is 0 Å². The Kier molecular flexibility index (Phi) is 4.67. The molecule has 0 aromatic rings. The SMILES string of the molecule is CN1C(=O)CC(NCCOCCO)C1=O. The van der Waals surface area contributed by atoms with Crippen LogP contribution in [0.1, 0.15) is 6.42 Å². The van der Waals surface area contributed by atoms with Crippen molar-refractivity contribution in [2.24, 2.45) is 0 Å². The van der Waals surface area contributed by atoms with Crippen LogP contribution >= 0.6 is 0 Å². The fourth-order valence-corrected chi connectivity index (χ4v) is 1.39. The van der Waals surface area contributed by atoms with Crippen molar-refractivity contribution in [2.75, 3.05) is 33.4 Å². The smallest absolute Gasteiger partial charge is 0.246 e. The lowest BCUT2D eigenvalue weighted by Gasteiger charge is -2.10. The van der Waals surface area contributed by atoms with Crippen molar-refractivity contribution in [1.82, 2.24) is 10.2 Å². The summed E-state index contributed by atoms with van der Waals surface area (Å²) in [5.74, 6) is -0.351. The minimum absolute atomic E-state index is 0.0103. The van der Waals surface area contributed by atoms with Crippen LogP contribution in [0, 0.1) is 0 Å². The van der Waals surface area contributed by atoms with Crippen molar-refractivity contribution in [3.8, 4) is 0 Å². The third kappa shape index (κ3) is 3.26. The van der Waals surface area contributed by atoms with E-state index in [9.17, 15) is 9.59 Å². The van der Waals surface area contributed by atoms with Crippen LogP contribution in [0.4, 0.5) is 0 Å². The van der Waals surface area contributed by atoms with Crippen molar-refractivity contribution >= 4 is 11.8 Å². The monoisotopic (exact) mass is 216 g/mol. The van der Waals surface area contributed by atoms with Gasteiger partial charge in [-0.15, -0.1) is 0 Å². The van der Waals surface area contributed by atoms with Gasteiger partial charge in [0.05, 0.1) is 32.3 Å². The zero-order valence-electron chi connectivity index (χ0n) is 8.73. The third-order valence-corrected chi connectivity index (χ3v) is 2.25. The van der Waals surface area contributed by atoms with E-state index in [-0.39, 0.29) is 24.8 Å². The van der Waals surface area contributed by atoms with Crippen LogP contribution in [0.2, 0.25) is 0 Å². The molecule has 1 aliphatic heterocycles. The molecule has 86 valence electrons. The van der Waals surface area contributed by atoms with Gasteiger partial charge < -0.3 is 15.2 Å². The van der Waals surface area contributed by atoms with E-state index in [1.54, 1.807) is 0 Å². The van der Waals surface area contributed by atoms with Crippen molar-refractivity contribution in [3.63, 3.8) is 0 Å². The molecule has 1 heterocycles. The highest BCUT2D eigenvalue weighted by Gasteiger charge is 2.35. The van der Waals surface area contributed by atoms with Crippen LogP contribution < -0.4 is 5.32 Å². The number of aliphatic hydroxyl groups is 1. The Morgan fingerprint density at radius 1 is 1.53 bits per heavy atom. The average Bonchev–Trinajstić information content (AvgIpc) is 2.46. The number of likely N-dealkylation sites (tertiary alicyclic amines) is 1. The summed E-state index contributed by atoms with van der Waals surface area (Å²) in [6, 6.07) is -0.416. The molecule has 1 saturated heterocycles. The third-order valence-electron chi connectivity index (χ3n) is 2.25. The number of amides is 2. The number of carbonyl (C=O) groups is 2. The predicted octanol–water partition coefficient (Wildman–Crippen LogP) is -1.66. The molecule has 2 amide bonds. The van der Waals surface area contributed by atoms with E-state index in [0.29, 0.717) is 19.8 Å². The summed E-state index contributed by atoms with van der Waals surface area (Å²) >= 11 is 0. The van der Waals surface area contributed by atoms with E-state index in [1.807, 2.05) is 0 Å². The van der Waals surface area contributed by atoms with Gasteiger partial charge in [-0.3, -0.25) is 14.5 Å². The molecule has 0 aliphatic carbocycles. The molecule has 0 radical (unpaired) electrons. The number of rotatable bonds is 6. The molecule has 0 aromatic heterocycles. The molecule has 1 rings (SSSR count). The van der Waals surface area contributed by atoms with Crippen LogP contribution in [-0.4, -0.2) is 61.3 Å². The van der Waals surface area contributed by atoms with E-state index >= 15 is 0 Å². The highest BCUT2D eigenvalue weighted by Crippen LogP contribution is 2.09. The molecule has 6 heteroatoms. The lowest BCUT2D eigenvalue weighted by atomic mass is 10.2. The normalized spacial score (nSPS) is 21.5. The first kappa shape index (κ1) is 12.1. The molecular weight excluding hydrogens is 200 g/mol. The second kappa shape index (κ2) is 5.79. The molecule has 0 spiro atoms. The highest BCUT2D eigenvalue weighted by atomic mass is 16.5. The van der Waals surface area contributed by atoms with E-state index in [0.717, 1.165) is 4.90 Å². The summed E-state index contributed by atoms with van der Waals surface area (Å²) < 4.78 is 5.01. The maximum absolute atomic E-state index is 11.4. The van der Waals surface area contributed by atoms with Crippen molar-refractivity contribution in [2.45, 2.75) is 12.5 Å². The maximum atomic E-state index is 11.4. The second-order valence-electron chi connectivity index (χ2n) is 3.34. The topological polar surface area (TPSA) is 78.9 Å². The van der Waals surface area contributed by atoms with Gasteiger partial charge in [-0.2, -0.15) is 0 Å². The quantitative estimate of drug-likeness (QED) is 0.410. The van der Waals surface area contributed by atoms with E-state index < -0.39 is 6.04 Å². The van der Waals surface area contributed by atoms with E-state index in [4.69, 9.17) is 9.84 Å². The van der Waals surface area contributed by atoms with Gasteiger partial charge in [-0.25, -0.2) is 0 Å². The van der Waals surface area contributed by atoms with Gasteiger partial charge in [0.1, 0.15) is 0 Å². The number of hydrogen-bond acceptors (Lipinski definition) is 5. The Bertz CT molecular complexity index is 244. The molecule has 1 atom stereocenters. The summed E-state index contributed by atoms with van der Waals surface area (Å²) in [6.45, 7) is 1.20. The van der Waals surface area contributed by atoms with Gasteiger partial charge in [0, 0.05) is 13.6 Å². The second-order valence-corrected chi connectivity index (χ2v) is 3.34. The van der Waals surface area contributed by atoms with Crippen molar-refractivity contribution < 1.29 is 19.4 Å². The van der Waals surface area contributed by atoms with Crippen LogP contribution in [0.15, 0.2) is 0 Å². The number of imide groups is 1. The summed E-state index contributed by atoms with van der Waals surface area (Å²) in [5.41, 5.74) is 0. The highest BCUT2D eigenvalue weighted by molar-refractivity contribution is 6.05. The van der Waals surface area contributed by atoms with Gasteiger partial charge in [-0.05, 0) is 0 Å². The summed E-state index contributed by atoms with van der Waals surface area (Å²) in [5, 5.41) is 11.4. The van der Waals surface area contributed by atoms with E-state index in [2.05, 4.69) is 5.32 Å². The summed E-state index contributed by atoms with van der Waals surface area (Å²) in [4.78, 5) is 23.7. The molecule has 0 aromatic carbocycles. The molecule has 6 nitrogen and oxygen atoms in total. The molecule has 0 bridgehead atoms. The Morgan fingerprint density at radius 3 is 2.80 bits per heavy atom. The first-order valence-electron chi connectivity index (χ1n) is 4.89. The fourth-order valence-electron chi connectivity index (χ4n) is 1.39. The Hall–Kier alpha value is -0.980. The lowest BCUT2D eigenvalue weighted by Crippen LogP contribution is -2.38. The number of likely N-dealkylation sites (N-methyl/N-ethyl adjacent to an activating group) is 1. The maximum Gasteiger partial charge on any atom is 0.246 e. The van der Waals surface area contributed by atoms with Crippen molar-refractivity contribution in [1.29, 1.82) is 0 Å². The first-order chi connectivity index (χ1) is 7.16. The molecule has 0 saturated carbocycles. The molecule has 1 unspecified atom stereocenters. The molecule has 15 heavy (non-hydrogen) atoms. The lowest BCUT2D eigenvalue weighted by molar-refractivity contribution is -0.137. The number of ether oxygens (including phenoxy) is 1. The minimum Gasteiger partial charge on any atom is -0.394 e. The zero-order chi connectivity index (χ0) is 11.3. The van der Waals surface area contributed by atoms with Gasteiger partial charge in [0.2, 0.25) is 11.8 Å². The Morgan fingerprint density at radius 2 is 2.27 bits per heavy atom. The van der Waals surface area contributed by atoms with Crippen molar-refractivity contribution in [3.05, 3.63) is 0 Å². The number of nitrogens with zero attached hydrogens (tertiary/aromatic N) is 1. The van der Waals surface area contributed by atoms with E-state index in [1.165, 1.54) is 7.05 Å². The van der Waals surface area contributed by atoms with Gasteiger partial charge in [0.15, 0.2) is 0 Å². The van der Waals surface area contributed by atoms with Crippen LogP contribution in [0.5, 0.6) is 0 Å². The average molecular weight is 216 g/mol. The number of carbonyl (C=O) groups excluding carboxylic acids is 2. The Labute approximate surface area is 88.2 Å².